The number of para-hydroxylation sites is 2. The molecule has 1 heterocycles. The van der Waals surface area contributed by atoms with Crippen molar-refractivity contribution in [3.05, 3.63) is 103 Å². The Balaban J connectivity index is 1.72. The minimum absolute atomic E-state index is 0.558. The van der Waals surface area contributed by atoms with Crippen LogP contribution in [0, 0.1) is 0 Å². The largest absolute Gasteiger partial charge is 0.242 e. The molecule has 1 aliphatic rings. The summed E-state index contributed by atoms with van der Waals surface area (Å²) < 4.78 is 0. The smallest absolute Gasteiger partial charge is 0.199 e. The van der Waals surface area contributed by atoms with Crippen LogP contribution in [-0.2, 0) is 0 Å². The molecule has 0 amide bonds. The summed E-state index contributed by atoms with van der Waals surface area (Å²) in [6.07, 6.45) is 1.83. The molecule has 4 heteroatoms. The first-order valence-corrected chi connectivity index (χ1v) is 8.52. The fourth-order valence-corrected chi connectivity index (χ4v) is 2.80. The second-order valence-electron chi connectivity index (χ2n) is 5.96. The van der Waals surface area contributed by atoms with Crippen molar-refractivity contribution in [1.82, 2.24) is 5.43 Å². The van der Waals surface area contributed by atoms with E-state index in [1.54, 1.807) is 0 Å². The third-order valence-electron chi connectivity index (χ3n) is 4.21. The number of hydrogen-bond donors (Lipinski definition) is 0. The second-order valence-corrected chi connectivity index (χ2v) is 5.96. The van der Waals surface area contributed by atoms with E-state index in [0.717, 1.165) is 22.5 Å². The number of benzene rings is 3. The molecule has 0 atom stereocenters. The van der Waals surface area contributed by atoms with Crippen LogP contribution in [0.15, 0.2) is 96.6 Å². The van der Waals surface area contributed by atoms with Gasteiger partial charge in [-0.05, 0) is 29.8 Å². The normalized spacial score (nSPS) is 13.8. The molecule has 1 aliphatic heterocycles. The zero-order valence-electron chi connectivity index (χ0n) is 14.4. The average Bonchev–Trinajstić information content (AvgIpc) is 2.75. The molecule has 0 N–H and O–H groups in total. The summed E-state index contributed by atoms with van der Waals surface area (Å²) in [5.74, 6) is 0.680. The van der Waals surface area contributed by atoms with E-state index < -0.39 is 0 Å². The van der Waals surface area contributed by atoms with E-state index in [2.05, 4.69) is 30.8 Å². The van der Waals surface area contributed by atoms with Gasteiger partial charge in [-0.1, -0.05) is 73.3 Å². The highest BCUT2D eigenvalue weighted by atomic mass is 15.7. The van der Waals surface area contributed by atoms with Crippen LogP contribution in [0.4, 0.5) is 11.4 Å². The minimum Gasteiger partial charge on any atom is -0.242 e. The molecule has 0 fully saturated rings. The van der Waals surface area contributed by atoms with Crippen molar-refractivity contribution in [3.8, 4) is 0 Å². The van der Waals surface area contributed by atoms with Crippen molar-refractivity contribution >= 4 is 23.3 Å². The van der Waals surface area contributed by atoms with Gasteiger partial charge in [-0.2, -0.15) is 0 Å². The van der Waals surface area contributed by atoms with Crippen LogP contribution in [0.2, 0.25) is 0 Å². The number of amidine groups is 1. The van der Waals surface area contributed by atoms with Gasteiger partial charge in [0.15, 0.2) is 5.84 Å². The Morgan fingerprint density at radius 3 is 1.88 bits per heavy atom. The highest BCUT2D eigenvalue weighted by Gasteiger charge is 2.23. The van der Waals surface area contributed by atoms with E-state index in [1.807, 2.05) is 76.8 Å². The van der Waals surface area contributed by atoms with Gasteiger partial charge in [0.25, 0.3) is 0 Å². The van der Waals surface area contributed by atoms with Gasteiger partial charge in [0, 0.05) is 5.56 Å². The third-order valence-corrected chi connectivity index (χ3v) is 4.21. The summed E-state index contributed by atoms with van der Waals surface area (Å²) in [7, 11) is 0. The van der Waals surface area contributed by atoms with Crippen LogP contribution >= 0.6 is 0 Å². The average molecular weight is 339 g/mol. The van der Waals surface area contributed by atoms with Crippen molar-refractivity contribution in [2.75, 3.05) is 16.7 Å². The SMILES string of the molecule is C=Cc1ccc(C2=NN(c3ccccc3)CN(c3ccccc3)[N]2)cc1. The molecule has 0 saturated heterocycles. The summed E-state index contributed by atoms with van der Waals surface area (Å²) in [6, 6.07) is 28.4. The Labute approximate surface area is 153 Å². The maximum Gasteiger partial charge on any atom is 0.199 e. The number of anilines is 2. The van der Waals surface area contributed by atoms with Crippen LogP contribution in [0.25, 0.3) is 6.08 Å². The summed E-state index contributed by atoms with van der Waals surface area (Å²) >= 11 is 0. The van der Waals surface area contributed by atoms with Gasteiger partial charge in [0.1, 0.15) is 6.67 Å². The number of rotatable bonds is 4. The lowest BCUT2D eigenvalue weighted by molar-refractivity contribution is 0.671. The maximum absolute atomic E-state index is 4.77. The molecule has 0 aromatic heterocycles. The van der Waals surface area contributed by atoms with E-state index in [4.69, 9.17) is 10.5 Å². The standard InChI is InChI=1S/C22H19N4/c1-2-18-13-15-19(16-14-18)22-23-25(20-9-5-3-6-10-20)17-26(24-22)21-11-7-4-8-12-21/h2-16H,1,17H2. The van der Waals surface area contributed by atoms with Crippen LogP contribution in [0.1, 0.15) is 11.1 Å². The van der Waals surface area contributed by atoms with Gasteiger partial charge in [0.05, 0.1) is 11.4 Å². The Morgan fingerprint density at radius 2 is 1.31 bits per heavy atom. The summed E-state index contributed by atoms with van der Waals surface area (Å²) in [4.78, 5) is 0. The topological polar surface area (TPSA) is 32.9 Å². The Hall–Kier alpha value is -3.53. The van der Waals surface area contributed by atoms with Gasteiger partial charge in [-0.15, -0.1) is 10.5 Å². The number of hydrogen-bond acceptors (Lipinski definition) is 3. The molecule has 0 aliphatic carbocycles. The fraction of sp³-hybridized carbons (Fsp3) is 0.0455. The molecule has 127 valence electrons. The predicted octanol–water partition coefficient (Wildman–Crippen LogP) is 4.49. The van der Waals surface area contributed by atoms with Gasteiger partial charge in [-0.3, -0.25) is 0 Å². The predicted molar refractivity (Wildman–Crippen MR) is 108 cm³/mol. The first kappa shape index (κ1) is 16.0. The van der Waals surface area contributed by atoms with E-state index in [0.29, 0.717) is 12.5 Å². The fourth-order valence-electron chi connectivity index (χ4n) is 2.80. The highest BCUT2D eigenvalue weighted by Crippen LogP contribution is 2.22. The van der Waals surface area contributed by atoms with Crippen molar-refractivity contribution < 1.29 is 0 Å². The zero-order chi connectivity index (χ0) is 17.8. The van der Waals surface area contributed by atoms with Crippen LogP contribution < -0.4 is 15.4 Å². The second kappa shape index (κ2) is 7.15. The lowest BCUT2D eigenvalue weighted by Crippen LogP contribution is -2.48. The summed E-state index contributed by atoms with van der Waals surface area (Å²) in [5.41, 5.74) is 8.88. The van der Waals surface area contributed by atoms with Crippen LogP contribution in [-0.4, -0.2) is 12.5 Å². The zero-order valence-corrected chi connectivity index (χ0v) is 14.4. The molecule has 26 heavy (non-hydrogen) atoms. The van der Waals surface area contributed by atoms with Gasteiger partial charge >= 0.3 is 0 Å². The quantitative estimate of drug-likeness (QED) is 0.701. The van der Waals surface area contributed by atoms with Crippen molar-refractivity contribution in [3.63, 3.8) is 0 Å². The first-order valence-electron chi connectivity index (χ1n) is 8.52. The molecule has 3 aromatic carbocycles. The molecule has 0 saturated carbocycles. The monoisotopic (exact) mass is 339 g/mol. The Bertz CT molecular complexity index is 902. The third kappa shape index (κ3) is 3.30. The molecular weight excluding hydrogens is 320 g/mol. The van der Waals surface area contributed by atoms with Crippen molar-refractivity contribution in [1.29, 1.82) is 0 Å². The van der Waals surface area contributed by atoms with Crippen LogP contribution in [0.3, 0.4) is 0 Å². The molecule has 0 spiro atoms. The highest BCUT2D eigenvalue weighted by molar-refractivity contribution is 6.00. The maximum atomic E-state index is 4.77. The van der Waals surface area contributed by atoms with Gasteiger partial charge in [-0.25, -0.2) is 10.0 Å². The lowest BCUT2D eigenvalue weighted by Gasteiger charge is -2.34. The first-order chi connectivity index (χ1) is 12.8. The molecule has 1 radical (unpaired) electrons. The Kier molecular flexibility index (Phi) is 4.39. The summed E-state index contributed by atoms with van der Waals surface area (Å²) in [6.45, 7) is 4.36. The lowest BCUT2D eigenvalue weighted by atomic mass is 10.1. The molecule has 0 unspecified atom stereocenters. The summed E-state index contributed by atoms with van der Waals surface area (Å²) in [5, 5.41) is 8.71. The van der Waals surface area contributed by atoms with Gasteiger partial charge in [0.2, 0.25) is 0 Å². The van der Waals surface area contributed by atoms with E-state index in [-0.39, 0.29) is 0 Å². The number of hydrazone groups is 1. The molecule has 4 rings (SSSR count). The Morgan fingerprint density at radius 1 is 0.731 bits per heavy atom. The van der Waals surface area contributed by atoms with E-state index in [1.165, 1.54) is 0 Å². The molecule has 0 bridgehead atoms. The molecule has 4 nitrogen and oxygen atoms in total. The van der Waals surface area contributed by atoms with E-state index >= 15 is 0 Å². The van der Waals surface area contributed by atoms with Crippen molar-refractivity contribution in [2.45, 2.75) is 0 Å². The van der Waals surface area contributed by atoms with Crippen molar-refractivity contribution in [2.24, 2.45) is 5.10 Å². The van der Waals surface area contributed by atoms with E-state index in [9.17, 15) is 0 Å². The van der Waals surface area contributed by atoms with Gasteiger partial charge < -0.3 is 0 Å². The van der Waals surface area contributed by atoms with Crippen LogP contribution in [0.5, 0.6) is 0 Å². The molecule has 3 aromatic rings. The molecular formula is C22H19N4. The minimum atomic E-state index is 0.558. The number of nitrogens with zero attached hydrogens (tertiary/aromatic N) is 4.